The molecule has 59 heavy (non-hydrogen) atoms. The lowest BCUT2D eigenvalue weighted by Gasteiger charge is -2.44. The van der Waals surface area contributed by atoms with Gasteiger partial charge in [0.2, 0.25) is 0 Å². The summed E-state index contributed by atoms with van der Waals surface area (Å²) in [7, 11) is 0. The minimum Gasteiger partial charge on any atom is -0.457 e. The maximum Gasteiger partial charge on any atom is 0.264 e. The van der Waals surface area contributed by atoms with Crippen LogP contribution in [0.1, 0.15) is 105 Å². The van der Waals surface area contributed by atoms with E-state index in [1.807, 2.05) is 41.7 Å². The monoisotopic (exact) mass is 792 g/mol. The van der Waals surface area contributed by atoms with Crippen molar-refractivity contribution in [3.8, 4) is 11.5 Å². The number of benzene rings is 6. The van der Waals surface area contributed by atoms with E-state index >= 15 is 0 Å². The van der Waals surface area contributed by atoms with Gasteiger partial charge in [-0.2, -0.15) is 0 Å². The van der Waals surface area contributed by atoms with Gasteiger partial charge in [-0.25, -0.2) is 0 Å². The molecule has 298 valence electrons. The first-order valence-electron chi connectivity index (χ1n) is 21.2. The minimum absolute atomic E-state index is 0.000716. The summed E-state index contributed by atoms with van der Waals surface area (Å²) in [5, 5.41) is 1.30. The molecule has 0 radical (unpaired) electrons. The molecule has 6 aromatic carbocycles. The summed E-state index contributed by atoms with van der Waals surface area (Å²) in [5.74, 6) is 1.63. The van der Waals surface area contributed by atoms with Crippen molar-refractivity contribution in [2.24, 2.45) is 0 Å². The van der Waals surface area contributed by atoms with Crippen LogP contribution in [0.25, 0.3) is 10.1 Å². The van der Waals surface area contributed by atoms with Crippen LogP contribution < -0.4 is 30.2 Å². The van der Waals surface area contributed by atoms with Gasteiger partial charge in [-0.1, -0.05) is 144 Å². The Hall–Kier alpha value is -5.26. The van der Waals surface area contributed by atoms with E-state index in [2.05, 4.69) is 190 Å². The molecule has 2 aliphatic rings. The van der Waals surface area contributed by atoms with Gasteiger partial charge in [0.05, 0.1) is 5.69 Å². The summed E-state index contributed by atoms with van der Waals surface area (Å²) in [6, 6.07) is 47.7. The summed E-state index contributed by atoms with van der Waals surface area (Å²) >= 11 is 1.96. The lowest BCUT2D eigenvalue weighted by molar-refractivity contribution is 0.483. The van der Waals surface area contributed by atoms with Crippen molar-refractivity contribution < 1.29 is 4.74 Å². The predicted octanol–water partition coefficient (Wildman–Crippen LogP) is 14.0. The van der Waals surface area contributed by atoms with Crippen LogP contribution in [0, 0.1) is 0 Å². The van der Waals surface area contributed by atoms with Crippen LogP contribution in [-0.4, -0.2) is 6.71 Å². The van der Waals surface area contributed by atoms with Crippen LogP contribution in [0.2, 0.25) is 0 Å². The van der Waals surface area contributed by atoms with E-state index in [1.54, 1.807) is 0 Å². The first-order chi connectivity index (χ1) is 27.8. The van der Waals surface area contributed by atoms with Gasteiger partial charge in [0.25, 0.3) is 6.71 Å². The quantitative estimate of drug-likeness (QED) is 0.165. The Labute approximate surface area is 356 Å². The standard InChI is InChI=1S/C54H57BN2OS/c1-51(2,3)34-18-24-38(25-19-34)56-44-28-22-37(54(10,11)12)31-43(44)55-48-45(56)32-41(58-40-16-14-13-15-17-40)33-46(48)57(39-26-20-35(21-27-39)52(4,5)6)49-42-30-36(53(7,8)9)23-29-47(42)59-50(49)55/h13-33H,1-12H3. The van der Waals surface area contributed by atoms with E-state index < -0.39 is 0 Å². The van der Waals surface area contributed by atoms with Gasteiger partial charge in [-0.3, -0.25) is 0 Å². The molecule has 9 rings (SSSR count). The van der Waals surface area contributed by atoms with Crippen LogP contribution in [0.3, 0.4) is 0 Å². The van der Waals surface area contributed by atoms with Gasteiger partial charge < -0.3 is 14.5 Å². The zero-order valence-electron chi connectivity index (χ0n) is 36.9. The van der Waals surface area contributed by atoms with E-state index in [-0.39, 0.29) is 28.4 Å². The second-order valence-electron chi connectivity index (χ2n) is 20.8. The van der Waals surface area contributed by atoms with Gasteiger partial charge in [0.15, 0.2) is 0 Å². The summed E-state index contributed by atoms with van der Waals surface area (Å²) in [6.07, 6.45) is 0. The highest BCUT2D eigenvalue weighted by Gasteiger charge is 2.46. The lowest BCUT2D eigenvalue weighted by atomic mass is 9.36. The average molecular weight is 793 g/mol. The Morgan fingerprint density at radius 1 is 0.458 bits per heavy atom. The first kappa shape index (κ1) is 39.2. The molecule has 0 N–H and O–H groups in total. The van der Waals surface area contributed by atoms with Crippen molar-refractivity contribution in [1.82, 2.24) is 0 Å². The Kier molecular flexibility index (Phi) is 9.07. The predicted molar refractivity (Wildman–Crippen MR) is 257 cm³/mol. The number of hydrogen-bond donors (Lipinski definition) is 0. The molecule has 0 unspecified atom stereocenters. The zero-order chi connectivity index (χ0) is 41.8. The SMILES string of the molecule is CC(C)(C)c1ccc(N2c3ccc(C(C)(C)C)cc3B3c4sc5ccc(C(C)(C)C)cc5c4N(c4ccc(C(C)(C)C)cc4)c4cc(Oc5ccccc5)cc2c43)cc1. The minimum atomic E-state index is -0.0230. The number of anilines is 6. The number of rotatable bonds is 4. The van der Waals surface area contributed by atoms with Crippen LogP contribution in [-0.2, 0) is 21.7 Å². The Morgan fingerprint density at radius 3 is 1.51 bits per heavy atom. The van der Waals surface area contributed by atoms with E-state index in [0.717, 1.165) is 34.2 Å². The van der Waals surface area contributed by atoms with E-state index in [4.69, 9.17) is 4.74 Å². The second-order valence-corrected chi connectivity index (χ2v) is 21.9. The molecular weight excluding hydrogens is 735 g/mol. The molecule has 0 aliphatic carbocycles. The second kappa shape index (κ2) is 13.6. The number of para-hydroxylation sites is 1. The highest BCUT2D eigenvalue weighted by Crippen LogP contribution is 2.50. The molecule has 0 saturated carbocycles. The number of fused-ring (bicyclic) bond motifs is 6. The lowest BCUT2D eigenvalue weighted by Crippen LogP contribution is -2.60. The normalized spacial score (nSPS) is 14.0. The van der Waals surface area contributed by atoms with Crippen LogP contribution >= 0.6 is 11.3 Å². The molecule has 7 aromatic rings. The molecule has 0 amide bonds. The van der Waals surface area contributed by atoms with E-state index in [0.29, 0.717) is 0 Å². The fraction of sp³-hybridized carbons (Fsp3) is 0.296. The van der Waals surface area contributed by atoms with Gasteiger partial charge >= 0.3 is 0 Å². The maximum absolute atomic E-state index is 6.86. The largest absolute Gasteiger partial charge is 0.457 e. The third-order valence-corrected chi connectivity index (χ3v) is 13.6. The Balaban J connectivity index is 1.40. The topological polar surface area (TPSA) is 15.7 Å². The molecule has 3 nitrogen and oxygen atoms in total. The third-order valence-electron chi connectivity index (χ3n) is 12.3. The highest BCUT2D eigenvalue weighted by atomic mass is 32.1. The van der Waals surface area contributed by atoms with Crippen molar-refractivity contribution >= 4 is 78.0 Å². The zero-order valence-corrected chi connectivity index (χ0v) is 37.7. The Bertz CT molecular complexity index is 2720. The van der Waals surface area contributed by atoms with Crippen LogP contribution in [0.15, 0.2) is 127 Å². The van der Waals surface area contributed by atoms with E-state index in [1.165, 1.54) is 59.4 Å². The molecule has 0 bridgehead atoms. The van der Waals surface area contributed by atoms with Crippen LogP contribution in [0.5, 0.6) is 11.5 Å². The molecule has 1 aromatic heterocycles. The maximum atomic E-state index is 6.86. The van der Waals surface area contributed by atoms with Crippen molar-refractivity contribution in [3.63, 3.8) is 0 Å². The van der Waals surface area contributed by atoms with Crippen molar-refractivity contribution in [2.75, 3.05) is 9.80 Å². The number of nitrogens with zero attached hydrogens (tertiary/aromatic N) is 2. The fourth-order valence-electron chi connectivity index (χ4n) is 8.84. The molecule has 2 aliphatic heterocycles. The van der Waals surface area contributed by atoms with E-state index in [9.17, 15) is 0 Å². The highest BCUT2D eigenvalue weighted by molar-refractivity contribution is 7.33. The van der Waals surface area contributed by atoms with Crippen molar-refractivity contribution in [2.45, 2.75) is 105 Å². The number of ether oxygens (including phenoxy) is 1. The molecule has 0 spiro atoms. The summed E-state index contributed by atoms with van der Waals surface area (Å²) in [5.41, 5.74) is 15.1. The molecule has 0 saturated heterocycles. The number of thiophene rings is 1. The van der Waals surface area contributed by atoms with Crippen LogP contribution in [0.4, 0.5) is 34.1 Å². The number of hydrogen-bond acceptors (Lipinski definition) is 4. The summed E-state index contributed by atoms with van der Waals surface area (Å²) in [6.45, 7) is 27.7. The third kappa shape index (κ3) is 6.86. The molecule has 3 heterocycles. The summed E-state index contributed by atoms with van der Waals surface area (Å²) < 4.78 is 9.55. The Morgan fingerprint density at radius 2 is 0.949 bits per heavy atom. The molecule has 0 atom stereocenters. The van der Waals surface area contributed by atoms with Gasteiger partial charge in [0, 0.05) is 55.4 Å². The van der Waals surface area contributed by atoms with Gasteiger partial charge in [-0.05, 0) is 109 Å². The smallest absolute Gasteiger partial charge is 0.264 e. The van der Waals surface area contributed by atoms with Gasteiger partial charge in [0.1, 0.15) is 11.5 Å². The molecular formula is C54H57BN2OS. The first-order valence-corrected chi connectivity index (χ1v) is 22.0. The van der Waals surface area contributed by atoms with Crippen molar-refractivity contribution in [3.05, 3.63) is 150 Å². The average Bonchev–Trinajstić information content (AvgIpc) is 3.55. The fourth-order valence-corrected chi connectivity index (χ4v) is 10.1. The summed E-state index contributed by atoms with van der Waals surface area (Å²) in [4.78, 5) is 5.05. The molecule has 0 fully saturated rings. The molecule has 5 heteroatoms. The van der Waals surface area contributed by atoms with Crippen molar-refractivity contribution in [1.29, 1.82) is 0 Å². The van der Waals surface area contributed by atoms with Gasteiger partial charge in [-0.15, -0.1) is 11.3 Å².